The second kappa shape index (κ2) is 5.54. The molecule has 0 amide bonds. The first-order chi connectivity index (χ1) is 11.3. The van der Waals surface area contributed by atoms with Crippen LogP contribution in [0.3, 0.4) is 0 Å². The minimum Gasteiger partial charge on any atom is -0.310 e. The summed E-state index contributed by atoms with van der Waals surface area (Å²) in [4.78, 5) is 7.66. The molecule has 1 aromatic heterocycles. The molecule has 2 aromatic rings. The fraction of sp³-hybridized carbons (Fsp3) is 0.632. The van der Waals surface area contributed by atoms with Gasteiger partial charge in [-0.05, 0) is 61.9 Å². The molecule has 5 atom stereocenters. The topological polar surface area (TPSA) is 28.2 Å². The summed E-state index contributed by atoms with van der Waals surface area (Å²) in [7, 11) is 0. The number of nitrogens with one attached hydrogen (secondary N) is 1. The van der Waals surface area contributed by atoms with E-state index in [9.17, 15) is 0 Å². The summed E-state index contributed by atoms with van der Waals surface area (Å²) >= 11 is 1.93. The molecule has 3 aliphatic rings. The zero-order valence-electron chi connectivity index (χ0n) is 13.8. The Morgan fingerprint density at radius 2 is 2.17 bits per heavy atom. The number of fused-ring (bicyclic) bond motifs is 3. The van der Waals surface area contributed by atoms with Crippen molar-refractivity contribution in [3.63, 3.8) is 0 Å². The Morgan fingerprint density at radius 1 is 1.22 bits per heavy atom. The summed E-state index contributed by atoms with van der Waals surface area (Å²) < 4.78 is 1.37. The van der Waals surface area contributed by atoms with Crippen molar-refractivity contribution in [2.24, 2.45) is 11.8 Å². The highest BCUT2D eigenvalue weighted by molar-refractivity contribution is 7.18. The van der Waals surface area contributed by atoms with Gasteiger partial charge in [-0.3, -0.25) is 0 Å². The molecule has 3 fully saturated rings. The number of hydrogen-bond acceptors (Lipinski definition) is 4. The summed E-state index contributed by atoms with van der Waals surface area (Å²) in [5, 5.41) is 5.09. The molecule has 1 N–H and O–H groups in total. The molecule has 3 nitrogen and oxygen atoms in total. The molecule has 0 saturated carbocycles. The third-order valence-corrected chi connectivity index (χ3v) is 7.31. The number of piperidine rings is 2. The number of aromatic nitrogens is 1. The van der Waals surface area contributed by atoms with Crippen LogP contribution >= 0.6 is 11.3 Å². The van der Waals surface area contributed by atoms with Crippen molar-refractivity contribution >= 4 is 21.6 Å². The predicted octanol–water partition coefficient (Wildman–Crippen LogP) is 3.78. The smallest absolute Gasteiger partial charge is 0.0985 e. The molecule has 3 aliphatic heterocycles. The highest BCUT2D eigenvalue weighted by atomic mass is 32.1. The number of benzene rings is 1. The van der Waals surface area contributed by atoms with Crippen molar-refractivity contribution in [3.8, 4) is 0 Å². The molecule has 5 rings (SSSR count). The highest BCUT2D eigenvalue weighted by Crippen LogP contribution is 2.42. The van der Waals surface area contributed by atoms with Crippen molar-refractivity contribution < 1.29 is 0 Å². The normalized spacial score (nSPS) is 36.8. The van der Waals surface area contributed by atoms with Crippen molar-refractivity contribution in [2.45, 2.75) is 38.1 Å². The van der Waals surface area contributed by atoms with Gasteiger partial charge in [0.1, 0.15) is 0 Å². The first-order valence-corrected chi connectivity index (χ1v) is 9.94. The van der Waals surface area contributed by atoms with E-state index in [0.717, 1.165) is 18.4 Å². The quantitative estimate of drug-likeness (QED) is 0.910. The van der Waals surface area contributed by atoms with E-state index < -0.39 is 0 Å². The van der Waals surface area contributed by atoms with Crippen molar-refractivity contribution in [2.75, 3.05) is 26.2 Å². The average molecular weight is 327 g/mol. The lowest BCUT2D eigenvalue weighted by Gasteiger charge is -2.28. The van der Waals surface area contributed by atoms with E-state index in [4.69, 9.17) is 4.98 Å². The number of rotatable bonds is 2. The lowest BCUT2D eigenvalue weighted by molar-refractivity contribution is 0.333. The second-order valence-electron chi connectivity index (χ2n) is 7.84. The van der Waals surface area contributed by atoms with Crippen LogP contribution in [0, 0.1) is 11.8 Å². The molecule has 3 saturated heterocycles. The first kappa shape index (κ1) is 14.4. The van der Waals surface area contributed by atoms with Gasteiger partial charge in [0.2, 0.25) is 0 Å². The number of nitrogens with zero attached hydrogens (tertiary/aromatic N) is 2. The van der Waals surface area contributed by atoms with E-state index in [0.29, 0.717) is 12.0 Å². The van der Waals surface area contributed by atoms with Gasteiger partial charge in [-0.1, -0.05) is 13.0 Å². The zero-order chi connectivity index (χ0) is 15.4. The third-order valence-electron chi connectivity index (χ3n) is 6.14. The fourth-order valence-electron chi connectivity index (χ4n) is 4.68. The molecule has 0 radical (unpaired) electrons. The molecule has 122 valence electrons. The summed E-state index contributed by atoms with van der Waals surface area (Å²) in [6, 6.07) is 7.49. The van der Waals surface area contributed by atoms with Crippen molar-refractivity contribution in [1.29, 1.82) is 0 Å². The van der Waals surface area contributed by atoms with Crippen LogP contribution in [0.5, 0.6) is 0 Å². The van der Waals surface area contributed by atoms with Crippen molar-refractivity contribution in [1.82, 2.24) is 15.2 Å². The minimum atomic E-state index is 0.523. The Hall–Kier alpha value is -0.970. The van der Waals surface area contributed by atoms with Crippen LogP contribution in [-0.2, 0) is 0 Å². The van der Waals surface area contributed by atoms with Crippen LogP contribution < -0.4 is 5.32 Å². The fourth-order valence-corrected chi connectivity index (χ4v) is 5.82. The van der Waals surface area contributed by atoms with E-state index in [1.807, 2.05) is 11.3 Å². The van der Waals surface area contributed by atoms with E-state index in [1.54, 1.807) is 0 Å². The first-order valence-electron chi connectivity index (χ1n) is 9.12. The standard InChI is InChI=1S/C19H25N3S/c1-12-2-4-16(20-9-12)13-3-5-18-17(8-13)21-19(23-18)15-11-22-7-6-14(15)10-22/h3,5,8,12,14-16,20H,2,4,6-7,9-11H2,1H3/t12-,14?,15?,16+/m0/s1. The maximum Gasteiger partial charge on any atom is 0.0985 e. The van der Waals surface area contributed by atoms with E-state index >= 15 is 0 Å². The second-order valence-corrected chi connectivity index (χ2v) is 8.90. The van der Waals surface area contributed by atoms with Gasteiger partial charge in [0.05, 0.1) is 15.2 Å². The van der Waals surface area contributed by atoms with Gasteiger partial charge < -0.3 is 10.2 Å². The molecule has 0 spiro atoms. The van der Waals surface area contributed by atoms with E-state index in [-0.39, 0.29) is 0 Å². The summed E-state index contributed by atoms with van der Waals surface area (Å²) in [6.07, 6.45) is 3.96. The van der Waals surface area contributed by atoms with Gasteiger partial charge in [0, 0.05) is 25.0 Å². The van der Waals surface area contributed by atoms with Crippen LogP contribution in [-0.4, -0.2) is 36.1 Å². The monoisotopic (exact) mass is 327 g/mol. The molecule has 2 bridgehead atoms. The van der Waals surface area contributed by atoms with Crippen LogP contribution in [0.2, 0.25) is 0 Å². The van der Waals surface area contributed by atoms with Gasteiger partial charge in [0.25, 0.3) is 0 Å². The maximum atomic E-state index is 5.05. The molecule has 4 heteroatoms. The number of hydrogen-bond donors (Lipinski definition) is 1. The maximum absolute atomic E-state index is 5.05. The van der Waals surface area contributed by atoms with Crippen LogP contribution in [0.25, 0.3) is 10.2 Å². The SMILES string of the molecule is C[C@H]1CC[C@H](c2ccc3sc(C4CN5CCC4C5)nc3c2)NC1. The molecular weight excluding hydrogens is 302 g/mol. The Kier molecular flexibility index (Phi) is 3.46. The van der Waals surface area contributed by atoms with Crippen LogP contribution in [0.1, 0.15) is 48.7 Å². The summed E-state index contributed by atoms with van der Waals surface area (Å²) in [5.41, 5.74) is 2.65. The lowest BCUT2D eigenvalue weighted by Crippen LogP contribution is -2.31. The predicted molar refractivity (Wildman–Crippen MR) is 96.0 cm³/mol. The Bertz CT molecular complexity index is 716. The highest BCUT2D eigenvalue weighted by Gasteiger charge is 2.40. The lowest BCUT2D eigenvalue weighted by atomic mass is 9.92. The molecule has 3 unspecified atom stereocenters. The molecule has 23 heavy (non-hydrogen) atoms. The van der Waals surface area contributed by atoms with Gasteiger partial charge in [-0.25, -0.2) is 4.98 Å². The molecule has 0 aliphatic carbocycles. The molecule has 1 aromatic carbocycles. The zero-order valence-corrected chi connectivity index (χ0v) is 14.6. The van der Waals surface area contributed by atoms with Crippen LogP contribution in [0.4, 0.5) is 0 Å². The van der Waals surface area contributed by atoms with Crippen molar-refractivity contribution in [3.05, 3.63) is 28.8 Å². The Labute approximate surface area is 142 Å². The van der Waals surface area contributed by atoms with Gasteiger partial charge >= 0.3 is 0 Å². The summed E-state index contributed by atoms with van der Waals surface area (Å²) in [5.74, 6) is 2.36. The minimum absolute atomic E-state index is 0.523. The van der Waals surface area contributed by atoms with E-state index in [2.05, 4.69) is 35.3 Å². The average Bonchev–Trinajstić information content (AvgIpc) is 3.29. The third kappa shape index (κ3) is 2.51. The number of thiazole rings is 1. The molecule has 4 heterocycles. The summed E-state index contributed by atoms with van der Waals surface area (Å²) in [6.45, 7) is 7.33. The largest absolute Gasteiger partial charge is 0.310 e. The van der Waals surface area contributed by atoms with Gasteiger partial charge in [-0.15, -0.1) is 11.3 Å². The molecular formula is C19H25N3S. The van der Waals surface area contributed by atoms with Gasteiger partial charge in [0.15, 0.2) is 0 Å². The van der Waals surface area contributed by atoms with Crippen LogP contribution in [0.15, 0.2) is 18.2 Å². The Balaban J connectivity index is 1.42. The van der Waals surface area contributed by atoms with Gasteiger partial charge in [-0.2, -0.15) is 0 Å². The Morgan fingerprint density at radius 3 is 2.91 bits per heavy atom. The van der Waals surface area contributed by atoms with E-state index in [1.165, 1.54) is 59.7 Å².